The van der Waals surface area contributed by atoms with Gasteiger partial charge >= 0.3 is 0 Å². The van der Waals surface area contributed by atoms with Crippen molar-refractivity contribution in [1.82, 2.24) is 10.2 Å². The van der Waals surface area contributed by atoms with E-state index in [9.17, 15) is 4.79 Å². The first-order valence-corrected chi connectivity index (χ1v) is 4.60. The molecule has 1 amide bonds. The van der Waals surface area contributed by atoms with Crippen molar-refractivity contribution in [3.8, 4) is 0 Å². The smallest absolute Gasteiger partial charge is 0.236 e. The van der Waals surface area contributed by atoms with Crippen LogP contribution in [0.15, 0.2) is 0 Å². The molecule has 1 N–H and O–H groups in total. The van der Waals surface area contributed by atoms with Crippen molar-refractivity contribution in [1.29, 1.82) is 0 Å². The van der Waals surface area contributed by atoms with E-state index in [0.29, 0.717) is 18.5 Å². The van der Waals surface area contributed by atoms with Gasteiger partial charge in [-0.3, -0.25) is 4.79 Å². The second kappa shape index (κ2) is 3.90. The van der Waals surface area contributed by atoms with Gasteiger partial charge in [-0.1, -0.05) is 20.8 Å². The first-order valence-electron chi connectivity index (χ1n) is 4.60. The average Bonchev–Trinajstić information content (AvgIpc) is 1.94. The molecule has 1 aliphatic heterocycles. The van der Waals surface area contributed by atoms with Crippen LogP contribution in [0.4, 0.5) is 0 Å². The van der Waals surface area contributed by atoms with Crippen molar-refractivity contribution >= 4 is 5.91 Å². The number of carbonyl (C=O) groups is 1. The third-order valence-corrected chi connectivity index (χ3v) is 2.08. The Bertz CT molecular complexity index is 162. The molecule has 0 unspecified atom stereocenters. The Morgan fingerprint density at radius 3 is 2.58 bits per heavy atom. The van der Waals surface area contributed by atoms with Crippen LogP contribution in [0.2, 0.25) is 0 Å². The number of hydrogen-bond donors (Lipinski definition) is 1. The molecule has 1 rings (SSSR count). The summed E-state index contributed by atoms with van der Waals surface area (Å²) in [5.41, 5.74) is 0. The molecule has 3 heteroatoms. The first kappa shape index (κ1) is 9.52. The minimum atomic E-state index is 0.238. The van der Waals surface area contributed by atoms with Crippen LogP contribution < -0.4 is 5.32 Å². The van der Waals surface area contributed by atoms with Crippen molar-refractivity contribution in [2.45, 2.75) is 26.8 Å². The molecule has 0 radical (unpaired) electrons. The predicted octanol–water partition coefficient (Wildman–Crippen LogP) is 0.463. The van der Waals surface area contributed by atoms with Crippen LogP contribution >= 0.6 is 0 Å². The van der Waals surface area contributed by atoms with Gasteiger partial charge in [-0.15, -0.1) is 0 Å². The molecule has 0 bridgehead atoms. The minimum Gasteiger partial charge on any atom is -0.341 e. The summed E-state index contributed by atoms with van der Waals surface area (Å²) in [4.78, 5) is 13.2. The topological polar surface area (TPSA) is 32.3 Å². The van der Waals surface area contributed by atoms with Gasteiger partial charge in [-0.25, -0.2) is 0 Å². The van der Waals surface area contributed by atoms with Crippen LogP contribution in [0.3, 0.4) is 0 Å². The van der Waals surface area contributed by atoms with Gasteiger partial charge in [-0.05, 0) is 5.92 Å². The van der Waals surface area contributed by atoms with Crippen molar-refractivity contribution in [2.75, 3.05) is 19.6 Å². The number of likely N-dealkylation sites (tertiary alicyclic amines) is 1. The Morgan fingerprint density at radius 2 is 2.17 bits per heavy atom. The summed E-state index contributed by atoms with van der Waals surface area (Å²) in [6.07, 6.45) is 0. The zero-order valence-corrected chi connectivity index (χ0v) is 8.13. The summed E-state index contributed by atoms with van der Waals surface area (Å²) in [5.74, 6) is 0.940. The van der Waals surface area contributed by atoms with Gasteiger partial charge < -0.3 is 10.2 Å². The molecule has 0 aromatic heterocycles. The molecule has 0 spiro atoms. The van der Waals surface area contributed by atoms with Gasteiger partial charge in [0.2, 0.25) is 5.91 Å². The van der Waals surface area contributed by atoms with Crippen molar-refractivity contribution < 1.29 is 4.79 Å². The third-order valence-electron chi connectivity index (χ3n) is 2.08. The highest BCUT2D eigenvalue weighted by Gasteiger charge is 2.26. The minimum absolute atomic E-state index is 0.238. The van der Waals surface area contributed by atoms with E-state index < -0.39 is 0 Å². The molecular weight excluding hydrogens is 152 g/mol. The number of nitrogens with one attached hydrogen (secondary N) is 1. The van der Waals surface area contributed by atoms with Gasteiger partial charge in [0, 0.05) is 19.1 Å². The Morgan fingerprint density at radius 1 is 1.58 bits per heavy atom. The standard InChI is InChI=1S/C9H18N2O/c1-7(2)10-4-9(12)11-5-8(3)6-11/h7-8,10H,4-6H2,1-3H3. The fourth-order valence-corrected chi connectivity index (χ4v) is 1.31. The van der Waals surface area contributed by atoms with Gasteiger partial charge in [0.25, 0.3) is 0 Å². The Labute approximate surface area is 74.1 Å². The number of nitrogens with zero attached hydrogens (tertiary/aromatic N) is 1. The Kier molecular flexibility index (Phi) is 3.09. The summed E-state index contributed by atoms with van der Waals surface area (Å²) in [6.45, 7) is 8.64. The molecule has 3 nitrogen and oxygen atoms in total. The average molecular weight is 170 g/mol. The van der Waals surface area contributed by atoms with E-state index in [4.69, 9.17) is 0 Å². The maximum absolute atomic E-state index is 11.3. The molecule has 0 saturated carbocycles. The zero-order valence-electron chi connectivity index (χ0n) is 8.13. The van der Waals surface area contributed by atoms with Crippen LogP contribution in [0.25, 0.3) is 0 Å². The molecule has 1 saturated heterocycles. The largest absolute Gasteiger partial charge is 0.341 e. The van der Waals surface area contributed by atoms with E-state index in [-0.39, 0.29) is 5.91 Å². The quantitative estimate of drug-likeness (QED) is 0.667. The van der Waals surface area contributed by atoms with Gasteiger partial charge in [-0.2, -0.15) is 0 Å². The predicted molar refractivity (Wildman–Crippen MR) is 48.9 cm³/mol. The van der Waals surface area contributed by atoms with E-state index in [2.05, 4.69) is 12.2 Å². The zero-order chi connectivity index (χ0) is 9.14. The van der Waals surface area contributed by atoms with Crippen LogP contribution in [-0.2, 0) is 4.79 Å². The molecule has 1 fully saturated rings. The van der Waals surface area contributed by atoms with Crippen molar-refractivity contribution in [3.63, 3.8) is 0 Å². The number of hydrogen-bond acceptors (Lipinski definition) is 2. The van der Waals surface area contributed by atoms with Gasteiger partial charge in [0.15, 0.2) is 0 Å². The third kappa shape index (κ3) is 2.48. The molecule has 0 atom stereocenters. The Balaban J connectivity index is 2.13. The Hall–Kier alpha value is -0.570. The van der Waals surface area contributed by atoms with Crippen molar-refractivity contribution in [3.05, 3.63) is 0 Å². The molecule has 0 aliphatic carbocycles. The second-order valence-corrected chi connectivity index (χ2v) is 3.94. The lowest BCUT2D eigenvalue weighted by molar-refractivity contribution is -0.136. The first-order chi connectivity index (χ1) is 5.59. The molecule has 1 heterocycles. The summed E-state index contributed by atoms with van der Waals surface area (Å²) in [6, 6.07) is 0.396. The fraction of sp³-hybridized carbons (Fsp3) is 0.889. The highest BCUT2D eigenvalue weighted by molar-refractivity contribution is 5.79. The highest BCUT2D eigenvalue weighted by Crippen LogP contribution is 2.13. The molecule has 0 aromatic carbocycles. The van der Waals surface area contributed by atoms with Crippen LogP contribution in [0.5, 0.6) is 0 Å². The maximum Gasteiger partial charge on any atom is 0.236 e. The summed E-state index contributed by atoms with van der Waals surface area (Å²) >= 11 is 0. The number of amides is 1. The van der Waals surface area contributed by atoms with Crippen LogP contribution in [0, 0.1) is 5.92 Å². The van der Waals surface area contributed by atoms with Gasteiger partial charge in [0.1, 0.15) is 0 Å². The van der Waals surface area contributed by atoms with E-state index in [0.717, 1.165) is 13.1 Å². The molecule has 70 valence electrons. The summed E-state index contributed by atoms with van der Waals surface area (Å²) < 4.78 is 0. The summed E-state index contributed by atoms with van der Waals surface area (Å²) in [5, 5.41) is 3.12. The van der Waals surface area contributed by atoms with Gasteiger partial charge in [0.05, 0.1) is 6.54 Å². The maximum atomic E-state index is 11.3. The van der Waals surface area contributed by atoms with Crippen molar-refractivity contribution in [2.24, 2.45) is 5.92 Å². The SMILES string of the molecule is CC1CN(C(=O)CNC(C)C)C1. The van der Waals surface area contributed by atoms with E-state index in [1.807, 2.05) is 18.7 Å². The van der Waals surface area contributed by atoms with Crippen LogP contribution in [0.1, 0.15) is 20.8 Å². The number of rotatable bonds is 3. The lowest BCUT2D eigenvalue weighted by Gasteiger charge is -2.37. The number of carbonyl (C=O) groups excluding carboxylic acids is 1. The van der Waals surface area contributed by atoms with E-state index in [1.165, 1.54) is 0 Å². The fourth-order valence-electron chi connectivity index (χ4n) is 1.31. The van der Waals surface area contributed by atoms with Crippen LogP contribution in [-0.4, -0.2) is 36.5 Å². The molecule has 0 aromatic rings. The highest BCUT2D eigenvalue weighted by atomic mass is 16.2. The van der Waals surface area contributed by atoms with E-state index in [1.54, 1.807) is 0 Å². The lowest BCUT2D eigenvalue weighted by Crippen LogP contribution is -2.51. The monoisotopic (exact) mass is 170 g/mol. The normalized spacial score (nSPS) is 18.2. The summed E-state index contributed by atoms with van der Waals surface area (Å²) in [7, 11) is 0. The molecule has 1 aliphatic rings. The lowest BCUT2D eigenvalue weighted by atomic mass is 10.0. The van der Waals surface area contributed by atoms with E-state index >= 15 is 0 Å². The molecule has 12 heavy (non-hydrogen) atoms. The second-order valence-electron chi connectivity index (χ2n) is 3.94. The molecular formula is C9H18N2O.